The van der Waals surface area contributed by atoms with Crippen LogP contribution >= 0.6 is 0 Å². The van der Waals surface area contributed by atoms with E-state index in [2.05, 4.69) is 46.3 Å². The molecule has 0 saturated carbocycles. The summed E-state index contributed by atoms with van der Waals surface area (Å²) < 4.78 is 2.22. The first-order chi connectivity index (χ1) is 10.3. The van der Waals surface area contributed by atoms with Crippen LogP contribution in [0.5, 0.6) is 0 Å². The van der Waals surface area contributed by atoms with Gasteiger partial charge in [0.25, 0.3) is 0 Å². The molecule has 1 aromatic heterocycles. The van der Waals surface area contributed by atoms with Crippen LogP contribution in [0.2, 0.25) is 0 Å². The molecule has 3 N–H and O–H groups in total. The minimum absolute atomic E-state index is 0.133. The number of nitrogens with two attached hydrogens (primary N) is 1. The van der Waals surface area contributed by atoms with Crippen LogP contribution in [0.25, 0.3) is 10.9 Å². The van der Waals surface area contributed by atoms with Crippen LogP contribution in [-0.4, -0.2) is 15.6 Å². The van der Waals surface area contributed by atoms with E-state index in [1.807, 2.05) is 24.3 Å². The zero-order valence-electron chi connectivity index (χ0n) is 11.6. The third kappa shape index (κ3) is 2.74. The zero-order chi connectivity index (χ0) is 14.7. The van der Waals surface area contributed by atoms with E-state index in [-0.39, 0.29) is 5.84 Å². The number of aryl methyl sites for hydroxylation is 2. The summed E-state index contributed by atoms with van der Waals surface area (Å²) in [5.41, 5.74) is 8.83. The van der Waals surface area contributed by atoms with Gasteiger partial charge in [0.2, 0.25) is 0 Å². The quantitative estimate of drug-likeness (QED) is 0.334. The minimum atomic E-state index is 0.133. The van der Waals surface area contributed by atoms with Crippen LogP contribution in [0.1, 0.15) is 11.1 Å². The Hall–Kier alpha value is -2.75. The van der Waals surface area contributed by atoms with Gasteiger partial charge >= 0.3 is 0 Å². The number of oxime groups is 1. The fourth-order valence-corrected chi connectivity index (χ4v) is 2.51. The van der Waals surface area contributed by atoms with Crippen LogP contribution in [0.4, 0.5) is 0 Å². The van der Waals surface area contributed by atoms with Crippen LogP contribution in [0.3, 0.4) is 0 Å². The lowest BCUT2D eigenvalue weighted by Crippen LogP contribution is -2.12. The maximum atomic E-state index is 8.73. The predicted molar refractivity (Wildman–Crippen MR) is 84.6 cm³/mol. The van der Waals surface area contributed by atoms with Crippen molar-refractivity contribution in [3.05, 3.63) is 71.9 Å². The number of hydrogen-bond acceptors (Lipinski definition) is 2. The molecule has 0 aliphatic rings. The molecule has 0 saturated heterocycles. The second kappa shape index (κ2) is 5.71. The zero-order valence-corrected chi connectivity index (χ0v) is 11.6. The van der Waals surface area contributed by atoms with E-state index in [9.17, 15) is 0 Å². The van der Waals surface area contributed by atoms with Crippen molar-refractivity contribution in [2.45, 2.75) is 13.0 Å². The molecule has 4 heteroatoms. The SMILES string of the molecule is N/C(=N/O)c1ccc2c(ccn2CCc2ccccc2)c1. The van der Waals surface area contributed by atoms with E-state index in [4.69, 9.17) is 10.9 Å². The van der Waals surface area contributed by atoms with Crippen LogP contribution < -0.4 is 5.73 Å². The number of benzene rings is 2. The number of rotatable bonds is 4. The van der Waals surface area contributed by atoms with Gasteiger partial charge in [-0.25, -0.2) is 0 Å². The van der Waals surface area contributed by atoms with Crippen molar-refractivity contribution in [3.63, 3.8) is 0 Å². The Morgan fingerprint density at radius 2 is 1.90 bits per heavy atom. The highest BCUT2D eigenvalue weighted by atomic mass is 16.4. The van der Waals surface area contributed by atoms with E-state index in [1.165, 1.54) is 5.56 Å². The van der Waals surface area contributed by atoms with Gasteiger partial charge in [-0.2, -0.15) is 0 Å². The summed E-state index contributed by atoms with van der Waals surface area (Å²) in [4.78, 5) is 0. The molecule has 0 radical (unpaired) electrons. The molecule has 0 aliphatic heterocycles. The minimum Gasteiger partial charge on any atom is -0.409 e. The Morgan fingerprint density at radius 1 is 1.10 bits per heavy atom. The summed E-state index contributed by atoms with van der Waals surface area (Å²) in [5.74, 6) is 0.133. The normalized spacial score (nSPS) is 11.9. The lowest BCUT2D eigenvalue weighted by Gasteiger charge is -2.06. The molecule has 0 fully saturated rings. The summed E-state index contributed by atoms with van der Waals surface area (Å²) in [6.45, 7) is 0.927. The molecule has 0 spiro atoms. The summed E-state index contributed by atoms with van der Waals surface area (Å²) in [7, 11) is 0. The molecule has 1 heterocycles. The van der Waals surface area contributed by atoms with Gasteiger partial charge in [0.15, 0.2) is 5.84 Å². The number of hydrogen-bond donors (Lipinski definition) is 2. The monoisotopic (exact) mass is 279 g/mol. The molecule has 0 aliphatic carbocycles. The van der Waals surface area contributed by atoms with Crippen molar-refractivity contribution >= 4 is 16.7 Å². The molecule has 3 rings (SSSR count). The molecular weight excluding hydrogens is 262 g/mol. The molecule has 3 aromatic rings. The van der Waals surface area contributed by atoms with Crippen molar-refractivity contribution < 1.29 is 5.21 Å². The molecule has 106 valence electrons. The van der Waals surface area contributed by atoms with Gasteiger partial charge in [0, 0.05) is 29.2 Å². The van der Waals surface area contributed by atoms with Gasteiger partial charge in [-0.3, -0.25) is 0 Å². The lowest BCUT2D eigenvalue weighted by molar-refractivity contribution is 0.318. The summed E-state index contributed by atoms with van der Waals surface area (Å²) in [6.07, 6.45) is 3.07. The Balaban J connectivity index is 1.84. The average Bonchev–Trinajstić information content (AvgIpc) is 2.95. The van der Waals surface area contributed by atoms with Crippen molar-refractivity contribution in [1.82, 2.24) is 4.57 Å². The van der Waals surface area contributed by atoms with Gasteiger partial charge in [0.1, 0.15) is 0 Å². The van der Waals surface area contributed by atoms with Crippen molar-refractivity contribution in [1.29, 1.82) is 0 Å². The van der Waals surface area contributed by atoms with E-state index >= 15 is 0 Å². The van der Waals surface area contributed by atoms with Gasteiger partial charge < -0.3 is 15.5 Å². The van der Waals surface area contributed by atoms with Crippen molar-refractivity contribution in [2.75, 3.05) is 0 Å². The highest BCUT2D eigenvalue weighted by molar-refractivity contribution is 6.00. The summed E-state index contributed by atoms with van der Waals surface area (Å²) in [5, 5.41) is 12.9. The van der Waals surface area contributed by atoms with Crippen LogP contribution in [0, 0.1) is 0 Å². The first-order valence-corrected chi connectivity index (χ1v) is 6.88. The molecule has 0 amide bonds. The summed E-state index contributed by atoms with van der Waals surface area (Å²) >= 11 is 0. The Morgan fingerprint density at radius 3 is 2.67 bits per heavy atom. The van der Waals surface area contributed by atoms with E-state index in [1.54, 1.807) is 0 Å². The van der Waals surface area contributed by atoms with Crippen molar-refractivity contribution in [2.24, 2.45) is 10.9 Å². The fourth-order valence-electron chi connectivity index (χ4n) is 2.51. The topological polar surface area (TPSA) is 63.5 Å². The average molecular weight is 279 g/mol. The maximum absolute atomic E-state index is 8.73. The third-order valence-electron chi connectivity index (χ3n) is 3.66. The standard InChI is InChI=1S/C17H17N3O/c18-17(19-21)15-6-7-16-14(12-15)9-11-20(16)10-8-13-4-2-1-3-5-13/h1-7,9,11-12,21H,8,10H2,(H2,18,19). The first-order valence-electron chi connectivity index (χ1n) is 6.88. The Kier molecular flexibility index (Phi) is 3.60. The maximum Gasteiger partial charge on any atom is 0.170 e. The molecule has 0 bridgehead atoms. The van der Waals surface area contributed by atoms with Gasteiger partial charge in [-0.05, 0) is 36.2 Å². The van der Waals surface area contributed by atoms with Crippen LogP contribution in [0.15, 0.2) is 65.9 Å². The smallest absolute Gasteiger partial charge is 0.170 e. The molecule has 2 aromatic carbocycles. The molecule has 4 nitrogen and oxygen atoms in total. The number of nitrogens with zero attached hydrogens (tertiary/aromatic N) is 2. The molecule has 0 atom stereocenters. The largest absolute Gasteiger partial charge is 0.409 e. The van der Waals surface area contributed by atoms with Crippen LogP contribution in [-0.2, 0) is 13.0 Å². The predicted octanol–water partition coefficient (Wildman–Crippen LogP) is 2.98. The number of fused-ring (bicyclic) bond motifs is 1. The second-order valence-corrected chi connectivity index (χ2v) is 5.00. The van der Waals surface area contributed by atoms with E-state index in [0.717, 1.165) is 29.4 Å². The van der Waals surface area contributed by atoms with Crippen molar-refractivity contribution in [3.8, 4) is 0 Å². The summed E-state index contributed by atoms with van der Waals surface area (Å²) in [6, 6.07) is 18.3. The highest BCUT2D eigenvalue weighted by Gasteiger charge is 2.05. The van der Waals surface area contributed by atoms with Gasteiger partial charge in [-0.15, -0.1) is 0 Å². The van der Waals surface area contributed by atoms with E-state index < -0.39 is 0 Å². The van der Waals surface area contributed by atoms with Gasteiger partial charge in [-0.1, -0.05) is 35.5 Å². The second-order valence-electron chi connectivity index (χ2n) is 5.00. The highest BCUT2D eigenvalue weighted by Crippen LogP contribution is 2.18. The fraction of sp³-hybridized carbons (Fsp3) is 0.118. The molecular formula is C17H17N3O. The third-order valence-corrected chi connectivity index (χ3v) is 3.66. The van der Waals surface area contributed by atoms with Gasteiger partial charge in [0.05, 0.1) is 0 Å². The number of aromatic nitrogens is 1. The molecule has 0 unspecified atom stereocenters. The first kappa shape index (κ1) is 13.2. The van der Waals surface area contributed by atoms with E-state index in [0.29, 0.717) is 0 Å². The lowest BCUT2D eigenvalue weighted by atomic mass is 10.1. The Bertz CT molecular complexity index is 775. The molecule has 21 heavy (non-hydrogen) atoms. The number of amidine groups is 1. The Labute approximate surface area is 123 Å².